The number of hydrogen-bond donors (Lipinski definition) is 1. The predicted octanol–water partition coefficient (Wildman–Crippen LogP) is 4.46. The topological polar surface area (TPSA) is 83.6 Å². The van der Waals surface area contributed by atoms with Gasteiger partial charge in [0, 0.05) is 28.9 Å². The highest BCUT2D eigenvalue weighted by Gasteiger charge is 2.40. The largest absolute Gasteiger partial charge is 0.321 e. The molecule has 1 aliphatic rings. The number of amides is 1. The number of anilines is 2. The average Bonchev–Trinajstić information content (AvgIpc) is 2.78. The van der Waals surface area contributed by atoms with E-state index in [-0.39, 0.29) is 17.2 Å². The van der Waals surface area contributed by atoms with Crippen molar-refractivity contribution in [3.8, 4) is 0 Å². The molecule has 4 rings (SSSR count). The molecule has 0 aromatic heterocycles. The zero-order valence-electron chi connectivity index (χ0n) is 17.7. The van der Waals surface area contributed by atoms with E-state index in [4.69, 9.17) is 0 Å². The number of benzene rings is 3. The Bertz CT molecular complexity index is 1350. The molecule has 7 heteroatoms. The van der Waals surface area contributed by atoms with E-state index in [9.17, 15) is 18.0 Å². The minimum Gasteiger partial charge on any atom is -0.321 e. The average molecular weight is 447 g/mol. The standard InChI is InChI=1S/C25H22N2O4S/c1-3-27-22-15-8-7-14-21(22)23(18-10-5-4-6-11-18)24(32(27,30)31)25(29)26-20-13-9-12-19(16-20)17(2)28/h4-16H,3H2,1-2H3,(H,26,29). The van der Waals surface area contributed by atoms with Gasteiger partial charge >= 0.3 is 0 Å². The number of para-hydroxylation sites is 1. The normalized spacial score (nSPS) is 14.6. The van der Waals surface area contributed by atoms with Crippen molar-refractivity contribution in [2.45, 2.75) is 13.8 Å². The molecule has 1 N–H and O–H groups in total. The van der Waals surface area contributed by atoms with Crippen LogP contribution in [-0.2, 0) is 14.8 Å². The van der Waals surface area contributed by atoms with Crippen molar-refractivity contribution in [2.75, 3.05) is 16.2 Å². The van der Waals surface area contributed by atoms with E-state index in [2.05, 4.69) is 5.32 Å². The summed E-state index contributed by atoms with van der Waals surface area (Å²) in [5, 5.41) is 2.68. The maximum absolute atomic E-state index is 13.7. The second-order valence-corrected chi connectivity index (χ2v) is 9.15. The highest BCUT2D eigenvalue weighted by atomic mass is 32.2. The molecule has 0 atom stereocenters. The van der Waals surface area contributed by atoms with Gasteiger partial charge in [-0.05, 0) is 37.6 Å². The summed E-state index contributed by atoms with van der Waals surface area (Å²) < 4.78 is 28.5. The summed E-state index contributed by atoms with van der Waals surface area (Å²) in [6.45, 7) is 3.34. The molecule has 1 heterocycles. The fourth-order valence-corrected chi connectivity index (χ4v) is 5.61. The maximum Gasteiger partial charge on any atom is 0.270 e. The molecule has 0 fully saturated rings. The van der Waals surface area contributed by atoms with Crippen molar-refractivity contribution >= 4 is 38.7 Å². The molecular formula is C25H22N2O4S. The molecule has 3 aromatic carbocycles. The maximum atomic E-state index is 13.7. The van der Waals surface area contributed by atoms with Gasteiger partial charge in [0.05, 0.1) is 5.69 Å². The lowest BCUT2D eigenvalue weighted by molar-refractivity contribution is -0.112. The Morgan fingerprint density at radius 3 is 2.28 bits per heavy atom. The monoisotopic (exact) mass is 446 g/mol. The lowest BCUT2D eigenvalue weighted by atomic mass is 9.95. The van der Waals surface area contributed by atoms with E-state index in [1.165, 1.54) is 17.3 Å². The summed E-state index contributed by atoms with van der Waals surface area (Å²) in [5.41, 5.74) is 2.95. The third-order valence-electron chi connectivity index (χ3n) is 5.30. The molecule has 1 aliphatic heterocycles. The third-order valence-corrected chi connectivity index (χ3v) is 7.24. The van der Waals surface area contributed by atoms with E-state index in [1.807, 2.05) is 18.2 Å². The molecule has 0 saturated carbocycles. The first kappa shape index (κ1) is 21.5. The number of hydrogen-bond acceptors (Lipinski definition) is 4. The summed E-state index contributed by atoms with van der Waals surface area (Å²) in [7, 11) is -4.14. The van der Waals surface area contributed by atoms with Crippen LogP contribution in [-0.4, -0.2) is 26.7 Å². The van der Waals surface area contributed by atoms with Gasteiger partial charge in [-0.15, -0.1) is 0 Å². The molecule has 6 nitrogen and oxygen atoms in total. The van der Waals surface area contributed by atoms with Crippen molar-refractivity contribution in [3.63, 3.8) is 0 Å². The van der Waals surface area contributed by atoms with Crippen LogP contribution in [0.4, 0.5) is 11.4 Å². The second kappa shape index (κ2) is 8.43. The van der Waals surface area contributed by atoms with Crippen LogP contribution in [0.2, 0.25) is 0 Å². The Labute approximate surface area is 187 Å². The minimum atomic E-state index is -4.14. The van der Waals surface area contributed by atoms with Gasteiger partial charge in [-0.2, -0.15) is 0 Å². The summed E-state index contributed by atoms with van der Waals surface area (Å²) in [6, 6.07) is 22.6. The van der Waals surface area contributed by atoms with Gasteiger partial charge in [0.1, 0.15) is 0 Å². The Kier molecular flexibility index (Phi) is 5.67. The predicted molar refractivity (Wildman–Crippen MR) is 126 cm³/mol. The van der Waals surface area contributed by atoms with Crippen molar-refractivity contribution < 1.29 is 18.0 Å². The van der Waals surface area contributed by atoms with Gasteiger partial charge in [-0.3, -0.25) is 13.9 Å². The third kappa shape index (κ3) is 3.71. The number of ketones is 1. The lowest BCUT2D eigenvalue weighted by Gasteiger charge is -2.32. The number of nitrogens with zero attached hydrogens (tertiary/aromatic N) is 1. The van der Waals surface area contributed by atoms with Crippen LogP contribution in [0.25, 0.3) is 5.57 Å². The van der Waals surface area contributed by atoms with Crippen LogP contribution in [0.15, 0.2) is 83.8 Å². The van der Waals surface area contributed by atoms with Gasteiger partial charge in [0.25, 0.3) is 15.9 Å². The van der Waals surface area contributed by atoms with Gasteiger partial charge < -0.3 is 5.32 Å². The van der Waals surface area contributed by atoms with Crippen LogP contribution in [0, 0.1) is 0 Å². The number of rotatable bonds is 5. The van der Waals surface area contributed by atoms with Gasteiger partial charge in [0.2, 0.25) is 0 Å². The van der Waals surface area contributed by atoms with Crippen molar-refractivity contribution in [3.05, 3.63) is 100 Å². The number of sulfonamides is 1. The molecule has 0 spiro atoms. The zero-order valence-corrected chi connectivity index (χ0v) is 18.5. The van der Waals surface area contributed by atoms with Gasteiger partial charge in [-0.25, -0.2) is 8.42 Å². The van der Waals surface area contributed by atoms with E-state index in [0.29, 0.717) is 33.6 Å². The molecule has 162 valence electrons. The van der Waals surface area contributed by atoms with Gasteiger partial charge in [-0.1, -0.05) is 60.7 Å². The Morgan fingerprint density at radius 2 is 1.59 bits per heavy atom. The van der Waals surface area contributed by atoms with Gasteiger partial charge in [0.15, 0.2) is 10.7 Å². The Hall–Kier alpha value is -3.71. The number of nitrogens with one attached hydrogen (secondary N) is 1. The minimum absolute atomic E-state index is 0.151. The van der Waals surface area contributed by atoms with E-state index in [1.54, 1.807) is 61.5 Å². The Balaban J connectivity index is 1.94. The highest BCUT2D eigenvalue weighted by Crippen LogP contribution is 2.42. The number of carbonyl (C=O) groups excluding carboxylic acids is 2. The first-order valence-corrected chi connectivity index (χ1v) is 11.6. The second-order valence-electron chi connectivity index (χ2n) is 7.35. The molecular weight excluding hydrogens is 424 g/mol. The molecule has 3 aromatic rings. The highest BCUT2D eigenvalue weighted by molar-refractivity contribution is 7.97. The first-order chi connectivity index (χ1) is 15.3. The van der Waals surface area contributed by atoms with Crippen LogP contribution in [0.3, 0.4) is 0 Å². The number of fused-ring (bicyclic) bond motifs is 1. The van der Waals surface area contributed by atoms with Crippen LogP contribution >= 0.6 is 0 Å². The van der Waals surface area contributed by atoms with E-state index >= 15 is 0 Å². The SMILES string of the molecule is CCN1c2ccccc2C(c2ccccc2)=C(C(=O)Nc2cccc(C(C)=O)c2)S1(=O)=O. The van der Waals surface area contributed by atoms with E-state index in [0.717, 1.165) is 0 Å². The zero-order chi connectivity index (χ0) is 22.9. The van der Waals surface area contributed by atoms with Crippen molar-refractivity contribution in [2.24, 2.45) is 0 Å². The molecule has 32 heavy (non-hydrogen) atoms. The summed E-state index contributed by atoms with van der Waals surface area (Å²) >= 11 is 0. The quantitative estimate of drug-likeness (QED) is 0.587. The first-order valence-electron chi connectivity index (χ1n) is 10.2. The summed E-state index contributed by atoms with van der Waals surface area (Å²) in [6.07, 6.45) is 0. The molecule has 0 aliphatic carbocycles. The van der Waals surface area contributed by atoms with Crippen LogP contribution < -0.4 is 9.62 Å². The van der Waals surface area contributed by atoms with Crippen LogP contribution in [0.1, 0.15) is 35.3 Å². The van der Waals surface area contributed by atoms with E-state index < -0.39 is 15.9 Å². The fourth-order valence-electron chi connectivity index (χ4n) is 3.86. The molecule has 0 saturated heterocycles. The molecule has 0 bridgehead atoms. The lowest BCUT2D eigenvalue weighted by Crippen LogP contribution is -2.39. The van der Waals surface area contributed by atoms with Crippen molar-refractivity contribution in [1.29, 1.82) is 0 Å². The fraction of sp³-hybridized carbons (Fsp3) is 0.120. The number of Topliss-reactive ketones (excluding diaryl/α,β-unsaturated/α-hetero) is 1. The Morgan fingerprint density at radius 1 is 0.906 bits per heavy atom. The summed E-state index contributed by atoms with van der Waals surface area (Å²) in [4.78, 5) is 24.9. The van der Waals surface area contributed by atoms with Crippen molar-refractivity contribution in [1.82, 2.24) is 0 Å². The molecule has 1 amide bonds. The molecule has 0 radical (unpaired) electrons. The molecule has 0 unspecified atom stereocenters. The summed E-state index contributed by atoms with van der Waals surface area (Å²) in [5.74, 6) is -0.904. The number of carbonyl (C=O) groups is 2. The smallest absolute Gasteiger partial charge is 0.270 e. The van der Waals surface area contributed by atoms with Crippen LogP contribution in [0.5, 0.6) is 0 Å².